The Morgan fingerprint density at radius 1 is 1.29 bits per heavy atom. The number of fused-ring (bicyclic) bond motifs is 1. The van der Waals surface area contributed by atoms with Crippen LogP contribution in [-0.4, -0.2) is 23.3 Å². The number of hydrogen-bond acceptors (Lipinski definition) is 4. The van der Waals surface area contributed by atoms with Gasteiger partial charge in [-0.1, -0.05) is 38.3 Å². The SMILES string of the molecule is CCOC(=O)c1c(C(C)C)nc2c(c1Cl)C(=O)CC1(CCCC1)C2. The van der Waals surface area contributed by atoms with Crippen LogP contribution in [0.2, 0.25) is 5.02 Å². The molecule has 0 aliphatic heterocycles. The number of pyridine rings is 1. The van der Waals surface area contributed by atoms with Gasteiger partial charge in [-0.2, -0.15) is 0 Å². The maximum atomic E-state index is 12.8. The average Bonchev–Trinajstić information content (AvgIpc) is 2.93. The van der Waals surface area contributed by atoms with Gasteiger partial charge in [-0.15, -0.1) is 0 Å². The van der Waals surface area contributed by atoms with Gasteiger partial charge in [0.15, 0.2) is 5.78 Å². The monoisotopic (exact) mass is 349 g/mol. The van der Waals surface area contributed by atoms with Crippen molar-refractivity contribution in [2.24, 2.45) is 5.41 Å². The molecular weight excluding hydrogens is 326 g/mol. The van der Waals surface area contributed by atoms with Gasteiger partial charge in [0, 0.05) is 6.42 Å². The lowest BCUT2D eigenvalue weighted by Gasteiger charge is -2.34. The third-order valence-corrected chi connectivity index (χ3v) is 5.66. The fourth-order valence-corrected chi connectivity index (χ4v) is 4.56. The second-order valence-corrected chi connectivity index (χ2v) is 7.74. The van der Waals surface area contributed by atoms with Crippen molar-refractivity contribution < 1.29 is 14.3 Å². The van der Waals surface area contributed by atoms with Crippen molar-refractivity contribution >= 4 is 23.4 Å². The zero-order valence-electron chi connectivity index (χ0n) is 14.6. The van der Waals surface area contributed by atoms with E-state index in [1.54, 1.807) is 6.92 Å². The highest BCUT2D eigenvalue weighted by Gasteiger charge is 2.43. The molecule has 2 aliphatic carbocycles. The Morgan fingerprint density at radius 3 is 2.54 bits per heavy atom. The summed E-state index contributed by atoms with van der Waals surface area (Å²) in [5.74, 6) is -0.435. The number of carbonyl (C=O) groups excluding carboxylic acids is 2. The molecule has 1 aromatic heterocycles. The summed E-state index contributed by atoms with van der Waals surface area (Å²) in [6.45, 7) is 5.97. The van der Waals surface area contributed by atoms with Gasteiger partial charge in [0.05, 0.1) is 28.6 Å². The van der Waals surface area contributed by atoms with Crippen molar-refractivity contribution in [2.75, 3.05) is 6.61 Å². The Bertz CT molecular complexity index is 690. The number of nitrogens with zero attached hydrogens (tertiary/aromatic N) is 1. The first kappa shape index (κ1) is 17.4. The Labute approximate surface area is 147 Å². The van der Waals surface area contributed by atoms with E-state index in [1.807, 2.05) is 13.8 Å². The van der Waals surface area contributed by atoms with E-state index in [1.165, 1.54) is 12.8 Å². The molecule has 2 aliphatic rings. The van der Waals surface area contributed by atoms with Gasteiger partial charge in [0.25, 0.3) is 0 Å². The molecule has 1 saturated carbocycles. The van der Waals surface area contributed by atoms with E-state index in [0.29, 0.717) is 17.7 Å². The van der Waals surface area contributed by atoms with Gasteiger partial charge in [0.2, 0.25) is 0 Å². The second-order valence-electron chi connectivity index (χ2n) is 7.37. The average molecular weight is 350 g/mol. The van der Waals surface area contributed by atoms with E-state index in [0.717, 1.165) is 25.0 Å². The molecule has 1 aromatic rings. The first-order valence-electron chi connectivity index (χ1n) is 8.81. The number of aromatic nitrogens is 1. The number of ketones is 1. The van der Waals surface area contributed by atoms with Crippen LogP contribution in [0.4, 0.5) is 0 Å². The number of halogens is 1. The van der Waals surface area contributed by atoms with Crippen LogP contribution in [0.25, 0.3) is 0 Å². The molecule has 0 atom stereocenters. The van der Waals surface area contributed by atoms with Gasteiger partial charge in [-0.3, -0.25) is 9.78 Å². The topological polar surface area (TPSA) is 56.3 Å². The molecule has 0 radical (unpaired) electrons. The molecule has 0 amide bonds. The number of Topliss-reactive ketones (excluding diaryl/α,β-unsaturated/α-hetero) is 1. The lowest BCUT2D eigenvalue weighted by molar-refractivity contribution is 0.0524. The minimum atomic E-state index is -0.490. The van der Waals surface area contributed by atoms with Crippen LogP contribution in [0.3, 0.4) is 0 Å². The molecule has 24 heavy (non-hydrogen) atoms. The highest BCUT2D eigenvalue weighted by Crippen LogP contribution is 2.49. The number of rotatable bonds is 3. The highest BCUT2D eigenvalue weighted by molar-refractivity contribution is 6.37. The molecule has 0 bridgehead atoms. The van der Waals surface area contributed by atoms with Crippen LogP contribution in [0.5, 0.6) is 0 Å². The summed E-state index contributed by atoms with van der Waals surface area (Å²) >= 11 is 6.53. The Morgan fingerprint density at radius 2 is 1.96 bits per heavy atom. The van der Waals surface area contributed by atoms with Crippen LogP contribution in [0, 0.1) is 5.41 Å². The number of esters is 1. The van der Waals surface area contributed by atoms with Crippen molar-refractivity contribution in [3.63, 3.8) is 0 Å². The lowest BCUT2D eigenvalue weighted by Crippen LogP contribution is -2.32. The van der Waals surface area contributed by atoms with E-state index in [4.69, 9.17) is 21.3 Å². The summed E-state index contributed by atoms with van der Waals surface area (Å²) in [5.41, 5.74) is 2.18. The third-order valence-electron chi connectivity index (χ3n) is 5.29. The standard InChI is InChI=1S/C19H24ClNO3/c1-4-24-18(23)15-16(20)14-12(21-17(15)11(2)3)9-19(10-13(14)22)7-5-6-8-19/h11H,4-10H2,1-3H3. The Kier molecular flexibility index (Phi) is 4.69. The van der Waals surface area contributed by atoms with Crippen LogP contribution in [-0.2, 0) is 11.2 Å². The molecule has 5 heteroatoms. The molecular formula is C19H24ClNO3. The zero-order valence-corrected chi connectivity index (χ0v) is 15.3. The summed E-state index contributed by atoms with van der Waals surface area (Å²) in [4.78, 5) is 29.9. The number of carbonyl (C=O) groups is 2. The zero-order chi connectivity index (χ0) is 17.5. The molecule has 1 fully saturated rings. The van der Waals surface area contributed by atoms with Crippen molar-refractivity contribution in [1.82, 2.24) is 4.98 Å². The highest BCUT2D eigenvalue weighted by atomic mass is 35.5. The largest absolute Gasteiger partial charge is 0.462 e. The van der Waals surface area contributed by atoms with E-state index >= 15 is 0 Å². The smallest absolute Gasteiger partial charge is 0.341 e. The van der Waals surface area contributed by atoms with Crippen molar-refractivity contribution in [3.8, 4) is 0 Å². The van der Waals surface area contributed by atoms with Crippen LogP contribution >= 0.6 is 11.6 Å². The molecule has 3 rings (SSSR count). The van der Waals surface area contributed by atoms with Gasteiger partial charge < -0.3 is 4.74 Å². The Hall–Kier alpha value is -1.42. The fraction of sp³-hybridized carbons (Fsp3) is 0.632. The summed E-state index contributed by atoms with van der Waals surface area (Å²) in [6.07, 6.45) is 5.81. The number of ether oxygens (including phenoxy) is 1. The normalized spacial score (nSPS) is 19.0. The minimum Gasteiger partial charge on any atom is -0.462 e. The number of hydrogen-bond donors (Lipinski definition) is 0. The molecule has 0 unspecified atom stereocenters. The predicted octanol–water partition coefficient (Wildman–Crippen LogP) is 4.72. The molecule has 130 valence electrons. The van der Waals surface area contributed by atoms with E-state index in [-0.39, 0.29) is 34.3 Å². The molecule has 4 nitrogen and oxygen atoms in total. The van der Waals surface area contributed by atoms with Crippen molar-refractivity contribution in [3.05, 3.63) is 27.5 Å². The molecule has 0 saturated heterocycles. The van der Waals surface area contributed by atoms with Crippen molar-refractivity contribution in [1.29, 1.82) is 0 Å². The summed E-state index contributed by atoms with van der Waals surface area (Å²) < 4.78 is 5.14. The van der Waals surface area contributed by atoms with Gasteiger partial charge >= 0.3 is 5.97 Å². The van der Waals surface area contributed by atoms with Gasteiger partial charge in [-0.25, -0.2) is 4.79 Å². The maximum absolute atomic E-state index is 12.8. The first-order chi connectivity index (χ1) is 11.4. The van der Waals surface area contributed by atoms with E-state index in [2.05, 4.69) is 0 Å². The lowest BCUT2D eigenvalue weighted by atomic mass is 9.71. The molecule has 0 aromatic carbocycles. The van der Waals surface area contributed by atoms with Crippen molar-refractivity contribution in [2.45, 2.75) is 65.2 Å². The fourth-order valence-electron chi connectivity index (χ4n) is 4.17. The second kappa shape index (κ2) is 6.47. The summed E-state index contributed by atoms with van der Waals surface area (Å²) in [7, 11) is 0. The van der Waals surface area contributed by atoms with E-state index < -0.39 is 5.97 Å². The third kappa shape index (κ3) is 2.85. The van der Waals surface area contributed by atoms with Gasteiger partial charge in [0.1, 0.15) is 5.56 Å². The molecule has 1 spiro atoms. The first-order valence-corrected chi connectivity index (χ1v) is 9.19. The van der Waals surface area contributed by atoms with E-state index in [9.17, 15) is 9.59 Å². The minimum absolute atomic E-state index is 0.0245. The Balaban J connectivity index is 2.14. The van der Waals surface area contributed by atoms with Crippen LogP contribution in [0.15, 0.2) is 0 Å². The maximum Gasteiger partial charge on any atom is 0.341 e. The summed E-state index contributed by atoms with van der Waals surface area (Å²) in [6, 6.07) is 0. The van der Waals surface area contributed by atoms with Crippen LogP contribution < -0.4 is 0 Å². The predicted molar refractivity (Wildman–Crippen MR) is 92.8 cm³/mol. The molecule has 0 N–H and O–H groups in total. The van der Waals surface area contributed by atoms with Crippen LogP contribution in [0.1, 0.15) is 90.9 Å². The quantitative estimate of drug-likeness (QED) is 0.740. The molecule has 1 heterocycles. The van der Waals surface area contributed by atoms with Gasteiger partial charge in [-0.05, 0) is 37.5 Å². The summed E-state index contributed by atoms with van der Waals surface area (Å²) in [5, 5.41) is 0.236.